The predicted molar refractivity (Wildman–Crippen MR) is 142 cm³/mol. The summed E-state index contributed by atoms with van der Waals surface area (Å²) in [6.07, 6.45) is 0. The normalized spacial score (nSPS) is 17.9. The first kappa shape index (κ1) is 26.7. The first-order chi connectivity index (χ1) is 16.9. The monoisotopic (exact) mass is 588 g/mol. The Hall–Kier alpha value is -2.35. The summed E-state index contributed by atoms with van der Waals surface area (Å²) in [5.74, 6) is -4.29. The summed E-state index contributed by atoms with van der Waals surface area (Å²) < 4.78 is 26.1. The third-order valence-corrected chi connectivity index (χ3v) is 7.30. The Balaban J connectivity index is 1.51. The van der Waals surface area contributed by atoms with Gasteiger partial charge < -0.3 is 10.6 Å². The zero-order valence-corrected chi connectivity index (χ0v) is 21.8. The van der Waals surface area contributed by atoms with Crippen LogP contribution in [0.15, 0.2) is 61.2 Å². The molecule has 2 unspecified atom stereocenters. The molecule has 0 heterocycles. The van der Waals surface area contributed by atoms with Crippen LogP contribution in [0.1, 0.15) is 27.4 Å². The Bertz CT molecular complexity index is 1390. The van der Waals surface area contributed by atoms with E-state index in [1.165, 1.54) is 30.3 Å². The number of rotatable bonds is 6. The van der Waals surface area contributed by atoms with Gasteiger partial charge in [0.1, 0.15) is 16.0 Å². The van der Waals surface area contributed by atoms with Gasteiger partial charge in [-0.2, -0.15) is 0 Å². The smallest absolute Gasteiger partial charge is 0.257 e. The van der Waals surface area contributed by atoms with Gasteiger partial charge in [-0.25, -0.2) is 8.78 Å². The van der Waals surface area contributed by atoms with Gasteiger partial charge in [0.15, 0.2) is 0 Å². The highest BCUT2D eigenvalue weighted by Gasteiger charge is 2.67. The molecule has 3 aromatic rings. The molecule has 4 rings (SSSR count). The summed E-state index contributed by atoms with van der Waals surface area (Å²) in [5.41, 5.74) is 0.563. The summed E-state index contributed by atoms with van der Waals surface area (Å²) in [5, 5.41) is 5.85. The van der Waals surface area contributed by atoms with E-state index in [1.54, 1.807) is 18.2 Å². The largest absolute Gasteiger partial charge is 0.326 e. The average Bonchev–Trinajstić information content (AvgIpc) is 3.37. The first-order valence-corrected chi connectivity index (χ1v) is 12.2. The molecule has 0 aromatic heterocycles. The van der Waals surface area contributed by atoms with Crippen LogP contribution in [-0.4, -0.2) is 16.1 Å². The van der Waals surface area contributed by atoms with Crippen molar-refractivity contribution >= 4 is 87.0 Å². The predicted octanol–water partition coefficient (Wildman–Crippen LogP) is 8.50. The number of carbonyl (C=O) groups is 2. The fourth-order valence-electron chi connectivity index (χ4n) is 3.79. The molecule has 4 nitrogen and oxygen atoms in total. The Kier molecular flexibility index (Phi) is 7.56. The number of amides is 2. The highest BCUT2D eigenvalue weighted by molar-refractivity contribution is 6.53. The van der Waals surface area contributed by atoms with E-state index in [4.69, 9.17) is 58.0 Å². The molecule has 0 spiro atoms. The highest BCUT2D eigenvalue weighted by Crippen LogP contribution is 2.65. The number of nitrogens with one attached hydrogen (secondary N) is 2. The van der Waals surface area contributed by atoms with Gasteiger partial charge in [-0.15, -0.1) is 23.2 Å². The van der Waals surface area contributed by atoms with Crippen LogP contribution < -0.4 is 10.6 Å². The van der Waals surface area contributed by atoms with E-state index < -0.39 is 39.6 Å². The highest BCUT2D eigenvalue weighted by atomic mass is 35.5. The van der Waals surface area contributed by atoms with E-state index in [1.807, 2.05) is 0 Å². The molecule has 186 valence electrons. The first-order valence-electron chi connectivity index (χ1n) is 10.3. The minimum Gasteiger partial charge on any atom is -0.326 e. The van der Waals surface area contributed by atoms with Crippen LogP contribution in [0.4, 0.5) is 20.2 Å². The van der Waals surface area contributed by atoms with Crippen LogP contribution in [0.2, 0.25) is 15.1 Å². The van der Waals surface area contributed by atoms with E-state index in [9.17, 15) is 18.4 Å². The lowest BCUT2D eigenvalue weighted by Gasteiger charge is -2.11. The number of carbonyl (C=O) groups excluding carboxylic acids is 2. The van der Waals surface area contributed by atoms with Crippen molar-refractivity contribution in [1.29, 1.82) is 0 Å². The molecule has 1 aliphatic rings. The van der Waals surface area contributed by atoms with Gasteiger partial charge in [0, 0.05) is 27.2 Å². The van der Waals surface area contributed by atoms with Crippen molar-refractivity contribution in [2.24, 2.45) is 5.92 Å². The molecule has 36 heavy (non-hydrogen) atoms. The molecule has 11 heteroatoms. The Morgan fingerprint density at radius 2 is 1.58 bits per heavy atom. The maximum atomic E-state index is 14.3. The molecule has 0 saturated heterocycles. The van der Waals surface area contributed by atoms with E-state index in [0.29, 0.717) is 15.6 Å². The quantitative estimate of drug-likeness (QED) is 0.283. The van der Waals surface area contributed by atoms with E-state index in [2.05, 4.69) is 17.2 Å². The zero-order valence-electron chi connectivity index (χ0n) is 18.0. The van der Waals surface area contributed by atoms with Crippen molar-refractivity contribution in [1.82, 2.24) is 0 Å². The van der Waals surface area contributed by atoms with Gasteiger partial charge in [0.25, 0.3) is 5.91 Å². The minimum absolute atomic E-state index is 0.0372. The van der Waals surface area contributed by atoms with Crippen LogP contribution in [0, 0.1) is 11.7 Å². The molecule has 0 radical (unpaired) electrons. The fraction of sp³-hybridized carbons (Fsp3) is 0.120. The van der Waals surface area contributed by atoms with Gasteiger partial charge >= 0.3 is 0 Å². The van der Waals surface area contributed by atoms with Crippen molar-refractivity contribution in [3.8, 4) is 0 Å². The lowest BCUT2D eigenvalue weighted by molar-refractivity contribution is -0.117. The van der Waals surface area contributed by atoms with Crippen LogP contribution in [-0.2, 0) is 4.79 Å². The summed E-state index contributed by atoms with van der Waals surface area (Å²) in [6, 6.07) is 12.4. The Morgan fingerprint density at radius 1 is 0.917 bits per heavy atom. The molecule has 1 fully saturated rings. The molecular formula is C25H15Cl5F2N2O2. The van der Waals surface area contributed by atoms with Gasteiger partial charge in [0.05, 0.1) is 22.2 Å². The van der Waals surface area contributed by atoms with Crippen LogP contribution in [0.3, 0.4) is 0 Å². The summed E-state index contributed by atoms with van der Waals surface area (Å²) in [4.78, 5) is 25.7. The second-order valence-electron chi connectivity index (χ2n) is 8.07. The Labute approximate surface area is 230 Å². The van der Waals surface area contributed by atoms with E-state index >= 15 is 0 Å². The maximum absolute atomic E-state index is 14.3. The van der Waals surface area contributed by atoms with Crippen molar-refractivity contribution in [3.05, 3.63) is 98.8 Å². The molecule has 0 aliphatic heterocycles. The summed E-state index contributed by atoms with van der Waals surface area (Å²) in [7, 11) is 0. The molecule has 2 N–H and O–H groups in total. The van der Waals surface area contributed by atoms with Gasteiger partial charge in [-0.3, -0.25) is 9.59 Å². The molecular weight excluding hydrogens is 576 g/mol. The standard InChI is InChI=1S/C25H15Cl5F2N2O2/c1-11(31)12-2-5-20(19(32)8-12)34-23(35)17-10-16(3-4-18(17)28)33-24(36)22-21(25(22,29)30)13-6-14(26)9-15(27)7-13/h2-10,21-22H,1H2,(H,33,36)(H,34,35). The number of hydrogen-bond donors (Lipinski definition) is 2. The molecule has 1 saturated carbocycles. The second-order valence-corrected chi connectivity index (χ2v) is 10.8. The number of anilines is 2. The molecule has 2 amide bonds. The Morgan fingerprint density at radius 3 is 2.19 bits per heavy atom. The van der Waals surface area contributed by atoms with Crippen LogP contribution in [0.25, 0.3) is 5.83 Å². The van der Waals surface area contributed by atoms with E-state index in [-0.39, 0.29) is 27.5 Å². The lowest BCUT2D eigenvalue weighted by Crippen LogP contribution is -2.18. The fourth-order valence-corrected chi connectivity index (χ4v) is 5.37. The third kappa shape index (κ3) is 5.48. The summed E-state index contributed by atoms with van der Waals surface area (Å²) in [6.45, 7) is 3.10. The van der Waals surface area contributed by atoms with E-state index in [0.717, 1.165) is 6.07 Å². The number of hydrogen-bond acceptors (Lipinski definition) is 2. The maximum Gasteiger partial charge on any atom is 0.257 e. The number of alkyl halides is 2. The van der Waals surface area contributed by atoms with Gasteiger partial charge in [0.2, 0.25) is 5.91 Å². The molecule has 2 atom stereocenters. The van der Waals surface area contributed by atoms with Crippen molar-refractivity contribution < 1.29 is 18.4 Å². The molecule has 1 aliphatic carbocycles. The zero-order chi connectivity index (χ0) is 26.4. The minimum atomic E-state index is -1.39. The molecule has 0 bridgehead atoms. The van der Waals surface area contributed by atoms with Crippen molar-refractivity contribution in [3.63, 3.8) is 0 Å². The van der Waals surface area contributed by atoms with Crippen LogP contribution >= 0.6 is 58.0 Å². The van der Waals surface area contributed by atoms with Crippen LogP contribution in [0.5, 0.6) is 0 Å². The average molecular weight is 591 g/mol. The molecule has 3 aromatic carbocycles. The lowest BCUT2D eigenvalue weighted by atomic mass is 10.1. The van der Waals surface area contributed by atoms with Crippen molar-refractivity contribution in [2.75, 3.05) is 10.6 Å². The topological polar surface area (TPSA) is 58.2 Å². The van der Waals surface area contributed by atoms with Gasteiger partial charge in [-0.05, 0) is 60.2 Å². The SMILES string of the molecule is C=C(F)c1ccc(NC(=O)c2cc(NC(=O)C3C(c4cc(Cl)cc(Cl)c4)C3(Cl)Cl)ccc2Cl)c(F)c1. The van der Waals surface area contributed by atoms with Crippen molar-refractivity contribution in [2.45, 2.75) is 10.3 Å². The third-order valence-electron chi connectivity index (χ3n) is 5.59. The summed E-state index contributed by atoms with van der Waals surface area (Å²) >= 11 is 31.0. The van der Waals surface area contributed by atoms with Gasteiger partial charge in [-0.1, -0.05) is 41.4 Å². The second kappa shape index (κ2) is 10.2. The number of benzene rings is 3. The number of halogens is 7.